The van der Waals surface area contributed by atoms with E-state index in [4.69, 9.17) is 26.2 Å². The third-order valence-electron chi connectivity index (χ3n) is 3.15. The topological polar surface area (TPSA) is 84.9 Å². The minimum absolute atomic E-state index is 0.00205. The summed E-state index contributed by atoms with van der Waals surface area (Å²) in [7, 11) is 0. The highest BCUT2D eigenvalue weighted by molar-refractivity contribution is 6.32. The van der Waals surface area contributed by atoms with Crippen LogP contribution in [0.25, 0.3) is 0 Å². The first-order valence-electron chi connectivity index (χ1n) is 7.02. The summed E-state index contributed by atoms with van der Waals surface area (Å²) in [4.78, 5) is 22.9. The van der Waals surface area contributed by atoms with E-state index in [0.717, 1.165) is 0 Å². The molecule has 0 aliphatic carbocycles. The Morgan fingerprint density at radius 3 is 2.59 bits per heavy atom. The van der Waals surface area contributed by atoms with E-state index in [-0.39, 0.29) is 12.0 Å². The highest BCUT2D eigenvalue weighted by Gasteiger charge is 2.34. The summed E-state index contributed by atoms with van der Waals surface area (Å²) in [5.41, 5.74) is 0.508. The number of benzene rings is 1. The fourth-order valence-corrected chi connectivity index (χ4v) is 2.39. The third-order valence-corrected chi connectivity index (χ3v) is 3.44. The molecule has 0 aromatic heterocycles. The number of hydrogen-bond donors (Lipinski definition) is 2. The molecule has 2 N–H and O–H groups in total. The lowest BCUT2D eigenvalue weighted by Gasteiger charge is -2.14. The highest BCUT2D eigenvalue weighted by Crippen LogP contribution is 2.29. The number of nitrogens with one attached hydrogen (secondary N) is 1. The standard InChI is InChI=1S/C15H18ClNO5/c1-8(2)21-11-4-3-9(7-10(11)16)17-14(18)12-5-6-13(22-12)15(19)20/h3-4,7-8,12-13H,5-6H2,1-2H3,(H,17,18)(H,19,20)/t12-,13+/m0/s1. The van der Waals surface area contributed by atoms with Gasteiger partial charge >= 0.3 is 5.97 Å². The zero-order chi connectivity index (χ0) is 16.3. The summed E-state index contributed by atoms with van der Waals surface area (Å²) in [6, 6.07) is 4.93. The number of carboxylic acid groups (broad SMARTS) is 1. The van der Waals surface area contributed by atoms with Gasteiger partial charge < -0.3 is 19.9 Å². The van der Waals surface area contributed by atoms with Crippen LogP contribution in [0.5, 0.6) is 5.75 Å². The molecule has 0 bridgehead atoms. The second kappa shape index (κ2) is 6.98. The second-order valence-electron chi connectivity index (χ2n) is 5.33. The van der Waals surface area contributed by atoms with Gasteiger partial charge in [-0.1, -0.05) is 11.6 Å². The van der Waals surface area contributed by atoms with Crippen LogP contribution in [0.1, 0.15) is 26.7 Å². The molecule has 1 saturated heterocycles. The summed E-state index contributed by atoms with van der Waals surface area (Å²) >= 11 is 6.10. The van der Waals surface area contributed by atoms with Gasteiger partial charge in [0.15, 0.2) is 6.10 Å². The van der Waals surface area contributed by atoms with Gasteiger partial charge in [0.1, 0.15) is 11.9 Å². The quantitative estimate of drug-likeness (QED) is 0.868. The minimum Gasteiger partial charge on any atom is -0.489 e. The lowest BCUT2D eigenvalue weighted by molar-refractivity contribution is -0.150. The summed E-state index contributed by atoms with van der Waals surface area (Å²) in [5.74, 6) is -0.886. The normalized spacial score (nSPS) is 20.9. The zero-order valence-electron chi connectivity index (χ0n) is 12.3. The lowest BCUT2D eigenvalue weighted by atomic mass is 10.2. The van der Waals surface area contributed by atoms with Crippen molar-refractivity contribution >= 4 is 29.2 Å². The lowest BCUT2D eigenvalue weighted by Crippen LogP contribution is -2.29. The number of carbonyl (C=O) groups is 2. The maximum atomic E-state index is 12.1. The number of rotatable bonds is 5. The number of hydrogen-bond acceptors (Lipinski definition) is 4. The van der Waals surface area contributed by atoms with Crippen LogP contribution >= 0.6 is 11.6 Å². The fourth-order valence-electron chi connectivity index (χ4n) is 2.16. The molecular weight excluding hydrogens is 310 g/mol. The molecule has 0 spiro atoms. The van der Waals surface area contributed by atoms with E-state index in [1.165, 1.54) is 0 Å². The van der Waals surface area contributed by atoms with Crippen LogP contribution in [0.2, 0.25) is 5.02 Å². The number of carbonyl (C=O) groups excluding carboxylic acids is 1. The maximum absolute atomic E-state index is 12.1. The van der Waals surface area contributed by atoms with E-state index in [1.54, 1.807) is 18.2 Å². The van der Waals surface area contributed by atoms with Crippen molar-refractivity contribution in [2.75, 3.05) is 5.32 Å². The van der Waals surface area contributed by atoms with E-state index < -0.39 is 18.2 Å². The van der Waals surface area contributed by atoms with Crippen LogP contribution in [0.3, 0.4) is 0 Å². The van der Waals surface area contributed by atoms with Crippen LogP contribution < -0.4 is 10.1 Å². The van der Waals surface area contributed by atoms with E-state index >= 15 is 0 Å². The maximum Gasteiger partial charge on any atom is 0.332 e. The Balaban J connectivity index is 1.97. The third kappa shape index (κ3) is 4.11. The smallest absolute Gasteiger partial charge is 0.332 e. The summed E-state index contributed by atoms with van der Waals surface area (Å²) < 4.78 is 10.7. The first kappa shape index (κ1) is 16.6. The van der Waals surface area contributed by atoms with Crippen molar-refractivity contribution in [3.63, 3.8) is 0 Å². The van der Waals surface area contributed by atoms with Gasteiger partial charge in [-0.25, -0.2) is 4.79 Å². The van der Waals surface area contributed by atoms with Gasteiger partial charge in [0.2, 0.25) is 0 Å². The molecule has 1 heterocycles. The van der Waals surface area contributed by atoms with Gasteiger partial charge in [0.05, 0.1) is 11.1 Å². The van der Waals surface area contributed by atoms with Crippen LogP contribution in [0, 0.1) is 0 Å². The summed E-state index contributed by atoms with van der Waals surface area (Å²) in [5, 5.41) is 11.9. The van der Waals surface area contributed by atoms with Gasteiger partial charge in [-0.3, -0.25) is 4.79 Å². The van der Waals surface area contributed by atoms with Crippen molar-refractivity contribution in [2.24, 2.45) is 0 Å². The number of amides is 1. The van der Waals surface area contributed by atoms with E-state index in [2.05, 4.69) is 5.32 Å². The van der Waals surface area contributed by atoms with Gasteiger partial charge in [-0.15, -0.1) is 0 Å². The van der Waals surface area contributed by atoms with Crippen molar-refractivity contribution in [1.82, 2.24) is 0 Å². The Labute approximate surface area is 133 Å². The van der Waals surface area contributed by atoms with Crippen molar-refractivity contribution < 1.29 is 24.2 Å². The average molecular weight is 328 g/mol. The van der Waals surface area contributed by atoms with Crippen molar-refractivity contribution in [2.45, 2.75) is 45.0 Å². The Bertz CT molecular complexity index is 575. The second-order valence-corrected chi connectivity index (χ2v) is 5.74. The van der Waals surface area contributed by atoms with Crippen LogP contribution in [0.15, 0.2) is 18.2 Å². The molecule has 1 aliphatic rings. The van der Waals surface area contributed by atoms with Crippen molar-refractivity contribution in [3.05, 3.63) is 23.2 Å². The molecule has 0 unspecified atom stereocenters. The van der Waals surface area contributed by atoms with Gasteiger partial charge in [0, 0.05) is 5.69 Å². The molecule has 2 rings (SSSR count). The SMILES string of the molecule is CC(C)Oc1ccc(NC(=O)[C@@H]2CC[C@H](C(=O)O)O2)cc1Cl. The number of carboxylic acids is 1. The fraction of sp³-hybridized carbons (Fsp3) is 0.467. The molecule has 0 radical (unpaired) electrons. The van der Waals surface area contributed by atoms with Gasteiger partial charge in [0.25, 0.3) is 5.91 Å². The molecular formula is C15H18ClNO5. The molecule has 1 aromatic rings. The minimum atomic E-state index is -1.05. The van der Waals surface area contributed by atoms with Crippen LogP contribution in [-0.4, -0.2) is 35.3 Å². The Morgan fingerprint density at radius 2 is 2.05 bits per heavy atom. The Kier molecular flexibility index (Phi) is 5.26. The Hall–Kier alpha value is -1.79. The number of anilines is 1. The summed E-state index contributed by atoms with van der Waals surface area (Å²) in [6.07, 6.45) is -0.967. The van der Waals surface area contributed by atoms with Crippen molar-refractivity contribution in [1.29, 1.82) is 0 Å². The average Bonchev–Trinajstić information content (AvgIpc) is 2.91. The van der Waals surface area contributed by atoms with E-state index in [0.29, 0.717) is 29.3 Å². The van der Waals surface area contributed by atoms with Gasteiger partial charge in [-0.05, 0) is 44.9 Å². The summed E-state index contributed by atoms with van der Waals surface area (Å²) in [6.45, 7) is 3.78. The highest BCUT2D eigenvalue weighted by atomic mass is 35.5. The molecule has 1 aliphatic heterocycles. The molecule has 1 fully saturated rings. The molecule has 0 saturated carbocycles. The van der Waals surface area contributed by atoms with Crippen LogP contribution in [0.4, 0.5) is 5.69 Å². The predicted octanol–water partition coefficient (Wildman–Crippen LogP) is 2.70. The van der Waals surface area contributed by atoms with E-state index in [9.17, 15) is 9.59 Å². The molecule has 7 heteroatoms. The monoisotopic (exact) mass is 327 g/mol. The first-order chi connectivity index (χ1) is 10.4. The number of aliphatic carboxylic acids is 1. The number of ether oxygens (including phenoxy) is 2. The molecule has 2 atom stereocenters. The first-order valence-corrected chi connectivity index (χ1v) is 7.40. The largest absolute Gasteiger partial charge is 0.489 e. The molecule has 120 valence electrons. The molecule has 22 heavy (non-hydrogen) atoms. The van der Waals surface area contributed by atoms with Gasteiger partial charge in [-0.2, -0.15) is 0 Å². The molecule has 6 nitrogen and oxygen atoms in total. The number of halogens is 1. The zero-order valence-corrected chi connectivity index (χ0v) is 13.1. The van der Waals surface area contributed by atoms with E-state index in [1.807, 2.05) is 13.8 Å². The van der Waals surface area contributed by atoms with Crippen molar-refractivity contribution in [3.8, 4) is 5.75 Å². The predicted molar refractivity (Wildman–Crippen MR) is 81.4 cm³/mol. The molecule has 1 aromatic carbocycles. The molecule has 1 amide bonds. The Morgan fingerprint density at radius 1 is 1.36 bits per heavy atom. The van der Waals surface area contributed by atoms with Crippen LogP contribution in [-0.2, 0) is 14.3 Å².